The zero-order valence-corrected chi connectivity index (χ0v) is 4.39. The molecule has 0 amide bonds. The van der Waals surface area contributed by atoms with E-state index in [4.69, 9.17) is 5.21 Å². The van der Waals surface area contributed by atoms with Crippen LogP contribution >= 0.6 is 0 Å². The third-order valence-electron chi connectivity index (χ3n) is 0.610. The maximum absolute atomic E-state index is 8.01. The predicted octanol–water partition coefficient (Wildman–Crippen LogP) is 1.41. The Morgan fingerprint density at radius 1 is 2.00 bits per heavy atom. The molecule has 0 atom stereocenters. The molecular weight excluding hydrogens is 90.1 g/mol. The van der Waals surface area contributed by atoms with Gasteiger partial charge in [0.1, 0.15) is 0 Å². The third-order valence-corrected chi connectivity index (χ3v) is 0.610. The van der Waals surface area contributed by atoms with Crippen LogP contribution in [0.1, 0.15) is 13.3 Å². The molecule has 0 aromatic rings. The van der Waals surface area contributed by atoms with Gasteiger partial charge in [-0.05, 0) is 6.92 Å². The molecule has 2 nitrogen and oxygen atoms in total. The van der Waals surface area contributed by atoms with Gasteiger partial charge >= 0.3 is 0 Å². The number of oxime groups is 1. The monoisotopic (exact) mass is 99.1 g/mol. The van der Waals surface area contributed by atoms with Gasteiger partial charge in [-0.25, -0.2) is 0 Å². The van der Waals surface area contributed by atoms with Crippen LogP contribution in [0, 0.1) is 0 Å². The maximum atomic E-state index is 8.01. The number of hydrogen-bond acceptors (Lipinski definition) is 2. The van der Waals surface area contributed by atoms with Crippen LogP contribution in [-0.4, -0.2) is 10.9 Å². The Morgan fingerprint density at radius 2 is 2.57 bits per heavy atom. The van der Waals surface area contributed by atoms with Gasteiger partial charge in [0, 0.05) is 6.42 Å². The fourth-order valence-electron chi connectivity index (χ4n) is 0.250. The van der Waals surface area contributed by atoms with Crippen LogP contribution in [0.5, 0.6) is 0 Å². The number of hydrogen-bond donors (Lipinski definition) is 1. The van der Waals surface area contributed by atoms with E-state index in [1.807, 2.05) is 0 Å². The second kappa shape index (κ2) is 3.40. The molecule has 0 spiro atoms. The molecule has 0 aliphatic rings. The molecule has 0 fully saturated rings. The lowest BCUT2D eigenvalue weighted by molar-refractivity contribution is 0.318. The third kappa shape index (κ3) is 3.03. The van der Waals surface area contributed by atoms with Crippen molar-refractivity contribution in [2.24, 2.45) is 5.16 Å². The van der Waals surface area contributed by atoms with Gasteiger partial charge < -0.3 is 5.21 Å². The summed E-state index contributed by atoms with van der Waals surface area (Å²) >= 11 is 0. The summed E-state index contributed by atoms with van der Waals surface area (Å²) in [7, 11) is 0. The van der Waals surface area contributed by atoms with E-state index in [-0.39, 0.29) is 0 Å². The molecule has 0 radical (unpaired) electrons. The molecule has 40 valence electrons. The average Bonchev–Trinajstić information content (AvgIpc) is 1.68. The molecule has 0 aromatic heterocycles. The summed E-state index contributed by atoms with van der Waals surface area (Å²) in [6.45, 7) is 5.19. The quantitative estimate of drug-likeness (QED) is 0.241. The molecule has 0 saturated carbocycles. The molecule has 0 saturated heterocycles. The number of rotatable bonds is 2. The lowest BCUT2D eigenvalue weighted by atomic mass is 10.3. The van der Waals surface area contributed by atoms with Gasteiger partial charge in [-0.2, -0.15) is 0 Å². The summed E-state index contributed by atoms with van der Waals surface area (Å²) in [5.74, 6) is 0. The van der Waals surface area contributed by atoms with Crippen LogP contribution in [0.15, 0.2) is 17.8 Å². The first-order chi connectivity index (χ1) is 3.31. The topological polar surface area (TPSA) is 32.6 Å². The van der Waals surface area contributed by atoms with Crippen molar-refractivity contribution in [3.05, 3.63) is 12.7 Å². The molecule has 0 heterocycles. The normalized spacial score (nSPS) is 11.3. The Hall–Kier alpha value is -0.790. The van der Waals surface area contributed by atoms with Crippen molar-refractivity contribution in [2.45, 2.75) is 13.3 Å². The molecule has 0 aliphatic heterocycles. The molecule has 0 aliphatic carbocycles. The highest BCUT2D eigenvalue weighted by molar-refractivity contribution is 5.82. The first-order valence-corrected chi connectivity index (χ1v) is 2.09. The van der Waals surface area contributed by atoms with E-state index < -0.39 is 0 Å². The fourth-order valence-corrected chi connectivity index (χ4v) is 0.250. The number of nitrogens with zero attached hydrogens (tertiary/aromatic N) is 1. The lowest BCUT2D eigenvalue weighted by Crippen LogP contribution is -1.85. The molecule has 1 N–H and O–H groups in total. The molecule has 0 rings (SSSR count). The maximum Gasteiger partial charge on any atom is 0.0577 e. The van der Waals surface area contributed by atoms with Crippen molar-refractivity contribution in [1.82, 2.24) is 0 Å². The van der Waals surface area contributed by atoms with Gasteiger partial charge in [0.05, 0.1) is 5.71 Å². The van der Waals surface area contributed by atoms with Gasteiger partial charge in [0.15, 0.2) is 0 Å². The first kappa shape index (κ1) is 6.21. The van der Waals surface area contributed by atoms with Crippen molar-refractivity contribution < 1.29 is 5.21 Å². The summed E-state index contributed by atoms with van der Waals surface area (Å²) in [4.78, 5) is 0. The van der Waals surface area contributed by atoms with Gasteiger partial charge in [0.25, 0.3) is 0 Å². The minimum Gasteiger partial charge on any atom is -0.411 e. The van der Waals surface area contributed by atoms with Crippen LogP contribution in [-0.2, 0) is 0 Å². The van der Waals surface area contributed by atoms with E-state index >= 15 is 0 Å². The summed E-state index contributed by atoms with van der Waals surface area (Å²) < 4.78 is 0. The average molecular weight is 99.1 g/mol. The van der Waals surface area contributed by atoms with Crippen LogP contribution in [0.4, 0.5) is 0 Å². The van der Waals surface area contributed by atoms with E-state index in [9.17, 15) is 0 Å². The molecule has 0 bridgehead atoms. The Kier molecular flexibility index (Phi) is 3.02. The Labute approximate surface area is 43.2 Å². The van der Waals surface area contributed by atoms with E-state index in [1.165, 1.54) is 0 Å². The van der Waals surface area contributed by atoms with Crippen molar-refractivity contribution in [3.63, 3.8) is 0 Å². The van der Waals surface area contributed by atoms with Crippen LogP contribution in [0.2, 0.25) is 0 Å². The van der Waals surface area contributed by atoms with E-state index in [2.05, 4.69) is 11.7 Å². The molecular formula is C5H9NO. The minimum absolute atomic E-state index is 0.663. The second-order valence-electron chi connectivity index (χ2n) is 1.33. The van der Waals surface area contributed by atoms with Crippen LogP contribution in [0.25, 0.3) is 0 Å². The van der Waals surface area contributed by atoms with Crippen LogP contribution in [0.3, 0.4) is 0 Å². The summed E-state index contributed by atoms with van der Waals surface area (Å²) in [6.07, 6.45) is 2.35. The van der Waals surface area contributed by atoms with Crippen molar-refractivity contribution in [2.75, 3.05) is 0 Å². The Bertz CT molecular complexity index is 86.1. The standard InChI is InChI=1S/C5H9NO/c1-3-4-5(2)6-7/h3,7H,1,4H2,2H3/b6-5+. The predicted molar refractivity (Wildman–Crippen MR) is 29.7 cm³/mol. The highest BCUT2D eigenvalue weighted by Gasteiger charge is 1.80. The smallest absolute Gasteiger partial charge is 0.0577 e. The summed E-state index contributed by atoms with van der Waals surface area (Å²) in [6, 6.07) is 0. The van der Waals surface area contributed by atoms with Gasteiger partial charge in [-0.15, -0.1) is 6.58 Å². The minimum atomic E-state index is 0.663. The summed E-state index contributed by atoms with van der Waals surface area (Å²) in [5, 5.41) is 10.9. The van der Waals surface area contributed by atoms with Crippen molar-refractivity contribution in [1.29, 1.82) is 0 Å². The van der Waals surface area contributed by atoms with Crippen LogP contribution < -0.4 is 0 Å². The van der Waals surface area contributed by atoms with Crippen molar-refractivity contribution >= 4 is 5.71 Å². The zero-order chi connectivity index (χ0) is 5.70. The van der Waals surface area contributed by atoms with E-state index in [0.29, 0.717) is 12.1 Å². The second-order valence-corrected chi connectivity index (χ2v) is 1.33. The molecule has 2 heteroatoms. The van der Waals surface area contributed by atoms with Gasteiger partial charge in [-0.3, -0.25) is 0 Å². The highest BCUT2D eigenvalue weighted by Crippen LogP contribution is 1.82. The SMILES string of the molecule is C=CC/C(C)=N/O. The summed E-state index contributed by atoms with van der Waals surface area (Å²) in [5.41, 5.74) is 0.690. The zero-order valence-electron chi connectivity index (χ0n) is 4.39. The lowest BCUT2D eigenvalue weighted by Gasteiger charge is -1.84. The van der Waals surface area contributed by atoms with E-state index in [0.717, 1.165) is 0 Å². The number of allylic oxidation sites excluding steroid dienone is 1. The fraction of sp³-hybridized carbons (Fsp3) is 0.400. The van der Waals surface area contributed by atoms with E-state index in [1.54, 1.807) is 13.0 Å². The highest BCUT2D eigenvalue weighted by atomic mass is 16.4. The largest absolute Gasteiger partial charge is 0.411 e. The Morgan fingerprint density at radius 3 is 2.71 bits per heavy atom. The first-order valence-electron chi connectivity index (χ1n) is 2.09. The molecule has 7 heavy (non-hydrogen) atoms. The molecule has 0 aromatic carbocycles. The molecule has 0 unspecified atom stereocenters. The Balaban J connectivity index is 3.36. The van der Waals surface area contributed by atoms with Crippen molar-refractivity contribution in [3.8, 4) is 0 Å². The van der Waals surface area contributed by atoms with Gasteiger partial charge in [0.2, 0.25) is 0 Å². The van der Waals surface area contributed by atoms with Gasteiger partial charge in [-0.1, -0.05) is 11.2 Å².